The van der Waals surface area contributed by atoms with E-state index >= 15 is 0 Å². The number of rotatable bonds is 7. The van der Waals surface area contributed by atoms with Crippen molar-refractivity contribution < 1.29 is 14.7 Å². The molecule has 18 heavy (non-hydrogen) atoms. The predicted molar refractivity (Wildman–Crippen MR) is 67.9 cm³/mol. The lowest BCUT2D eigenvalue weighted by atomic mass is 9.79. The van der Waals surface area contributed by atoms with E-state index in [1.54, 1.807) is 6.92 Å². The van der Waals surface area contributed by atoms with Gasteiger partial charge in [0.1, 0.15) is 0 Å². The van der Waals surface area contributed by atoms with Gasteiger partial charge in [0.15, 0.2) is 0 Å². The van der Waals surface area contributed by atoms with Gasteiger partial charge < -0.3 is 20.6 Å². The van der Waals surface area contributed by atoms with Crippen LogP contribution >= 0.6 is 0 Å². The first-order valence-electron chi connectivity index (χ1n) is 6.31. The summed E-state index contributed by atoms with van der Waals surface area (Å²) >= 11 is 0. The molecular weight excluding hydrogens is 234 g/mol. The van der Waals surface area contributed by atoms with E-state index in [1.165, 1.54) is 0 Å². The van der Waals surface area contributed by atoms with Crippen molar-refractivity contribution in [2.75, 3.05) is 33.8 Å². The molecule has 1 fully saturated rings. The zero-order chi connectivity index (χ0) is 13.7. The minimum atomic E-state index is -0.263. The normalized spacial score (nSPS) is 24.4. The number of likely N-dealkylation sites (N-methyl/N-ethyl adjacent to an activating group) is 1. The Hall–Kier alpha value is -1.14. The van der Waals surface area contributed by atoms with Crippen molar-refractivity contribution in [3.63, 3.8) is 0 Å². The molecule has 1 aliphatic heterocycles. The minimum absolute atomic E-state index is 0.0243. The average Bonchev–Trinajstić information content (AvgIpc) is 2.31. The number of nitrogens with zero attached hydrogens (tertiary/aromatic N) is 1. The molecule has 0 unspecified atom stereocenters. The monoisotopic (exact) mass is 257 g/mol. The lowest BCUT2D eigenvalue weighted by Crippen LogP contribution is -2.63. The fourth-order valence-electron chi connectivity index (χ4n) is 2.09. The molecule has 2 amide bonds. The van der Waals surface area contributed by atoms with Crippen LogP contribution in [0.1, 0.15) is 13.3 Å². The van der Waals surface area contributed by atoms with Crippen molar-refractivity contribution in [2.24, 2.45) is 11.8 Å². The number of carbonyl (C=O) groups is 2. The van der Waals surface area contributed by atoms with Crippen molar-refractivity contribution >= 4 is 11.8 Å². The first-order chi connectivity index (χ1) is 8.47. The Balaban J connectivity index is 2.37. The zero-order valence-corrected chi connectivity index (χ0v) is 11.3. The molecule has 0 aromatic heterocycles. The molecule has 0 aromatic carbocycles. The number of nitrogens with one attached hydrogen (secondary N) is 2. The van der Waals surface area contributed by atoms with Gasteiger partial charge in [0.2, 0.25) is 11.8 Å². The molecule has 0 aliphatic carbocycles. The van der Waals surface area contributed by atoms with Crippen molar-refractivity contribution in [1.29, 1.82) is 0 Å². The molecule has 0 bridgehead atoms. The molecule has 0 aromatic rings. The van der Waals surface area contributed by atoms with E-state index in [9.17, 15) is 9.59 Å². The Bertz CT molecular complexity index is 307. The fourth-order valence-corrected chi connectivity index (χ4v) is 2.09. The van der Waals surface area contributed by atoms with Crippen molar-refractivity contribution in [1.82, 2.24) is 15.5 Å². The summed E-state index contributed by atoms with van der Waals surface area (Å²) in [5, 5.41) is 14.5. The summed E-state index contributed by atoms with van der Waals surface area (Å²) in [7, 11) is 3.89. The first kappa shape index (κ1) is 14.9. The maximum absolute atomic E-state index is 11.9. The van der Waals surface area contributed by atoms with Crippen LogP contribution in [0.15, 0.2) is 0 Å². The van der Waals surface area contributed by atoms with Crippen LogP contribution in [0, 0.1) is 11.8 Å². The number of amides is 2. The Morgan fingerprint density at radius 1 is 1.56 bits per heavy atom. The highest BCUT2D eigenvalue weighted by atomic mass is 16.3. The predicted octanol–water partition coefficient (Wildman–Crippen LogP) is -1.20. The van der Waals surface area contributed by atoms with Crippen LogP contribution in [0.4, 0.5) is 0 Å². The van der Waals surface area contributed by atoms with E-state index in [0.717, 1.165) is 6.54 Å². The van der Waals surface area contributed by atoms with Crippen molar-refractivity contribution in [2.45, 2.75) is 19.4 Å². The second-order valence-corrected chi connectivity index (χ2v) is 5.04. The molecule has 3 N–H and O–H groups in total. The Morgan fingerprint density at radius 2 is 2.22 bits per heavy atom. The van der Waals surface area contributed by atoms with Gasteiger partial charge in [-0.25, -0.2) is 0 Å². The number of aliphatic hydroxyl groups excluding tert-OH is 1. The quantitative estimate of drug-likeness (QED) is 0.500. The minimum Gasteiger partial charge on any atom is -0.396 e. The van der Waals surface area contributed by atoms with Gasteiger partial charge in [0.05, 0.1) is 17.9 Å². The molecule has 1 rings (SSSR count). The maximum Gasteiger partial charge on any atom is 0.225 e. The molecule has 1 heterocycles. The average molecular weight is 257 g/mol. The third-order valence-corrected chi connectivity index (χ3v) is 3.33. The molecule has 3 atom stereocenters. The number of β-lactam (4-membered cyclic amide) rings is 1. The fraction of sp³-hybridized carbons (Fsp3) is 0.833. The van der Waals surface area contributed by atoms with Crippen LogP contribution < -0.4 is 10.6 Å². The Labute approximate surface area is 108 Å². The SMILES string of the molecule is C[C@@H](C(=O)NCCN(C)C)[C@H]1NC(=O)[C@H]1CCO. The highest BCUT2D eigenvalue weighted by Crippen LogP contribution is 2.25. The second kappa shape index (κ2) is 6.70. The first-order valence-corrected chi connectivity index (χ1v) is 6.31. The summed E-state index contributed by atoms with van der Waals surface area (Å²) in [6, 6.07) is -0.149. The van der Waals surface area contributed by atoms with Gasteiger partial charge in [-0.1, -0.05) is 6.92 Å². The van der Waals surface area contributed by atoms with Gasteiger partial charge in [-0.2, -0.15) is 0 Å². The molecule has 6 heteroatoms. The third kappa shape index (κ3) is 3.68. The summed E-state index contributed by atoms with van der Waals surface area (Å²) in [4.78, 5) is 25.2. The van der Waals surface area contributed by atoms with Gasteiger partial charge >= 0.3 is 0 Å². The van der Waals surface area contributed by atoms with E-state index in [2.05, 4.69) is 10.6 Å². The topological polar surface area (TPSA) is 81.7 Å². The molecule has 0 radical (unpaired) electrons. The summed E-state index contributed by atoms with van der Waals surface area (Å²) in [6.45, 7) is 3.17. The number of aliphatic hydroxyl groups is 1. The highest BCUT2D eigenvalue weighted by molar-refractivity contribution is 5.89. The summed E-state index contributed by atoms with van der Waals surface area (Å²) in [6.07, 6.45) is 0.422. The van der Waals surface area contributed by atoms with Gasteiger partial charge in [0.25, 0.3) is 0 Å². The summed E-state index contributed by atoms with van der Waals surface area (Å²) in [5.74, 6) is -0.613. The number of hydrogen-bond donors (Lipinski definition) is 3. The molecule has 104 valence electrons. The third-order valence-electron chi connectivity index (χ3n) is 3.33. The van der Waals surface area contributed by atoms with Crippen LogP contribution in [0.3, 0.4) is 0 Å². The van der Waals surface area contributed by atoms with Crippen molar-refractivity contribution in [3.05, 3.63) is 0 Å². The van der Waals surface area contributed by atoms with E-state index < -0.39 is 0 Å². The number of carbonyl (C=O) groups excluding carboxylic acids is 2. The van der Waals surface area contributed by atoms with E-state index in [1.807, 2.05) is 19.0 Å². The van der Waals surface area contributed by atoms with Crippen LogP contribution in [-0.2, 0) is 9.59 Å². The Morgan fingerprint density at radius 3 is 2.72 bits per heavy atom. The standard InChI is InChI=1S/C12H23N3O3/c1-8(11(17)13-5-6-15(2)3)10-9(4-7-16)12(18)14-10/h8-10,16H,4-7H2,1-3H3,(H,13,17)(H,14,18)/t8-,9+,10-/m1/s1. The lowest BCUT2D eigenvalue weighted by Gasteiger charge is -2.39. The maximum atomic E-state index is 11.9. The molecular formula is C12H23N3O3. The van der Waals surface area contributed by atoms with E-state index in [0.29, 0.717) is 13.0 Å². The summed E-state index contributed by atoms with van der Waals surface area (Å²) in [5.41, 5.74) is 0. The van der Waals surface area contributed by atoms with Crippen LogP contribution in [0.2, 0.25) is 0 Å². The molecule has 0 spiro atoms. The van der Waals surface area contributed by atoms with Gasteiger partial charge in [-0.3, -0.25) is 9.59 Å². The van der Waals surface area contributed by atoms with Gasteiger partial charge in [-0.15, -0.1) is 0 Å². The van der Waals surface area contributed by atoms with Gasteiger partial charge in [0, 0.05) is 19.7 Å². The van der Waals surface area contributed by atoms with Crippen LogP contribution in [0.5, 0.6) is 0 Å². The lowest BCUT2D eigenvalue weighted by molar-refractivity contribution is -0.140. The molecule has 1 aliphatic rings. The smallest absolute Gasteiger partial charge is 0.225 e. The van der Waals surface area contributed by atoms with E-state index in [4.69, 9.17) is 5.11 Å². The second-order valence-electron chi connectivity index (χ2n) is 5.04. The molecule has 0 saturated carbocycles. The van der Waals surface area contributed by atoms with Crippen LogP contribution in [0.25, 0.3) is 0 Å². The highest BCUT2D eigenvalue weighted by Gasteiger charge is 2.43. The Kier molecular flexibility index (Phi) is 5.55. The van der Waals surface area contributed by atoms with Gasteiger partial charge in [-0.05, 0) is 20.5 Å². The zero-order valence-electron chi connectivity index (χ0n) is 11.3. The van der Waals surface area contributed by atoms with Crippen LogP contribution in [-0.4, -0.2) is 61.7 Å². The van der Waals surface area contributed by atoms with E-state index in [-0.39, 0.29) is 36.3 Å². The summed E-state index contributed by atoms with van der Waals surface area (Å²) < 4.78 is 0. The molecule has 6 nitrogen and oxygen atoms in total. The number of hydrogen-bond acceptors (Lipinski definition) is 4. The van der Waals surface area contributed by atoms with Crippen molar-refractivity contribution in [3.8, 4) is 0 Å². The largest absolute Gasteiger partial charge is 0.396 e. The molecule has 1 saturated heterocycles.